The zero-order valence-electron chi connectivity index (χ0n) is 19.1. The number of carbonyl (C=O) groups excluding carboxylic acids is 1. The first-order valence-corrected chi connectivity index (χ1v) is 11.6. The van der Waals surface area contributed by atoms with Crippen molar-refractivity contribution < 1.29 is 14.3 Å². The van der Waals surface area contributed by atoms with Crippen molar-refractivity contribution in [2.24, 2.45) is 0 Å². The summed E-state index contributed by atoms with van der Waals surface area (Å²) in [6, 6.07) is 20.6. The van der Waals surface area contributed by atoms with E-state index in [4.69, 9.17) is 25.2 Å². The van der Waals surface area contributed by atoms with Crippen LogP contribution >= 0.6 is 15.9 Å². The summed E-state index contributed by atoms with van der Waals surface area (Å²) in [5.41, 5.74) is 10.7. The van der Waals surface area contributed by atoms with E-state index < -0.39 is 0 Å². The second-order valence-electron chi connectivity index (χ2n) is 7.79. The largest absolute Gasteiger partial charge is 0.493 e. The number of nitrogen functional groups attached to an aromatic ring is 1. The number of carbonyl (C=O) groups is 1. The Morgan fingerprint density at radius 2 is 1.69 bits per heavy atom. The highest BCUT2D eigenvalue weighted by Crippen LogP contribution is 2.33. The predicted molar refractivity (Wildman–Crippen MR) is 139 cm³/mol. The van der Waals surface area contributed by atoms with Crippen molar-refractivity contribution in [3.63, 3.8) is 0 Å². The predicted octanol–water partition coefficient (Wildman–Crippen LogP) is 4.87. The van der Waals surface area contributed by atoms with Crippen LogP contribution in [0.15, 0.2) is 71.2 Å². The summed E-state index contributed by atoms with van der Waals surface area (Å²) in [6.07, 6.45) is 0. The Morgan fingerprint density at radius 3 is 2.37 bits per heavy atom. The molecular formula is C26H22BrN5O3. The summed E-state index contributed by atoms with van der Waals surface area (Å²) in [5.74, 6) is 1.04. The first kappa shape index (κ1) is 22.7. The number of hydrogen-bond acceptors (Lipinski definition) is 6. The molecule has 3 N–H and O–H groups in total. The third kappa shape index (κ3) is 4.04. The Balaban J connectivity index is 1.62. The molecule has 3 aromatic carbocycles. The number of amides is 1. The summed E-state index contributed by atoms with van der Waals surface area (Å²) in [5, 5.41) is 2.95. The van der Waals surface area contributed by atoms with E-state index in [1.165, 1.54) is 0 Å². The molecule has 0 fully saturated rings. The van der Waals surface area contributed by atoms with E-state index in [1.54, 1.807) is 24.9 Å². The fraction of sp³-hybridized carbons (Fsp3) is 0.115. The second kappa shape index (κ2) is 9.27. The molecule has 0 atom stereocenters. The molecule has 176 valence electrons. The monoisotopic (exact) mass is 531 g/mol. The molecule has 0 radical (unpaired) electrons. The zero-order chi connectivity index (χ0) is 24.5. The first-order chi connectivity index (χ1) is 17.0. The molecule has 2 aromatic heterocycles. The maximum Gasteiger partial charge on any atom is 0.257 e. The van der Waals surface area contributed by atoms with Crippen LogP contribution in [0.5, 0.6) is 11.5 Å². The van der Waals surface area contributed by atoms with Crippen molar-refractivity contribution in [2.45, 2.75) is 6.54 Å². The van der Waals surface area contributed by atoms with Crippen molar-refractivity contribution >= 4 is 49.9 Å². The first-order valence-electron chi connectivity index (χ1n) is 10.8. The van der Waals surface area contributed by atoms with Gasteiger partial charge in [0.15, 0.2) is 17.1 Å². The van der Waals surface area contributed by atoms with E-state index in [2.05, 4.69) is 21.2 Å². The summed E-state index contributed by atoms with van der Waals surface area (Å²) in [6.45, 7) is 0.213. The maximum absolute atomic E-state index is 13.5. The standard InChI is InChI=1S/C26H22BrN5O3/c1-34-20-9-5-6-15(23(20)35-2)14-29-26(33)21-22-25(31-19-8-4-3-7-18(19)30-22)32(24(21)28)17-12-10-16(27)11-13-17/h3-13H,14,28H2,1-2H3,(H,29,33). The Kier molecular flexibility index (Phi) is 6.00. The van der Waals surface area contributed by atoms with Crippen molar-refractivity contribution in [1.82, 2.24) is 19.9 Å². The van der Waals surface area contributed by atoms with Gasteiger partial charge in [-0.1, -0.05) is 40.2 Å². The SMILES string of the molecule is COc1cccc(CNC(=O)c2c(N)n(-c3ccc(Br)cc3)c3nc4ccccc4nc23)c1OC. The third-order valence-corrected chi connectivity index (χ3v) is 6.26. The number of benzene rings is 3. The number of nitrogens with one attached hydrogen (secondary N) is 1. The second-order valence-corrected chi connectivity index (χ2v) is 8.71. The zero-order valence-corrected chi connectivity index (χ0v) is 20.7. The highest BCUT2D eigenvalue weighted by Gasteiger charge is 2.25. The minimum Gasteiger partial charge on any atom is -0.493 e. The fourth-order valence-corrected chi connectivity index (χ4v) is 4.36. The van der Waals surface area contributed by atoms with Gasteiger partial charge in [-0.05, 0) is 42.5 Å². The summed E-state index contributed by atoms with van der Waals surface area (Å²) < 4.78 is 13.5. The van der Waals surface area contributed by atoms with Crippen LogP contribution < -0.4 is 20.5 Å². The van der Waals surface area contributed by atoms with Gasteiger partial charge in [0.25, 0.3) is 5.91 Å². The van der Waals surface area contributed by atoms with Crippen LogP contribution in [0.4, 0.5) is 5.82 Å². The molecule has 9 heteroatoms. The van der Waals surface area contributed by atoms with Crippen molar-refractivity contribution in [3.05, 3.63) is 82.3 Å². The van der Waals surface area contributed by atoms with Gasteiger partial charge in [-0.3, -0.25) is 9.36 Å². The molecule has 0 spiro atoms. The van der Waals surface area contributed by atoms with Gasteiger partial charge in [0.05, 0.1) is 25.3 Å². The van der Waals surface area contributed by atoms with Crippen LogP contribution in [-0.4, -0.2) is 34.7 Å². The van der Waals surface area contributed by atoms with Gasteiger partial charge >= 0.3 is 0 Å². The fourth-order valence-electron chi connectivity index (χ4n) is 4.09. The molecule has 1 amide bonds. The molecule has 0 unspecified atom stereocenters. The normalized spacial score (nSPS) is 11.1. The Morgan fingerprint density at radius 1 is 0.971 bits per heavy atom. The summed E-state index contributed by atoms with van der Waals surface area (Å²) in [4.78, 5) is 23.1. The van der Waals surface area contributed by atoms with Gasteiger partial charge in [0.2, 0.25) is 0 Å². The highest BCUT2D eigenvalue weighted by molar-refractivity contribution is 9.10. The third-order valence-electron chi connectivity index (χ3n) is 5.73. The van der Waals surface area contributed by atoms with Gasteiger partial charge in [-0.15, -0.1) is 0 Å². The van der Waals surface area contributed by atoms with Crippen LogP contribution in [0.1, 0.15) is 15.9 Å². The number of anilines is 1. The molecule has 2 heterocycles. The van der Waals surface area contributed by atoms with E-state index in [9.17, 15) is 4.79 Å². The van der Waals surface area contributed by atoms with E-state index in [0.717, 1.165) is 15.7 Å². The van der Waals surface area contributed by atoms with Gasteiger partial charge in [0.1, 0.15) is 16.9 Å². The van der Waals surface area contributed by atoms with E-state index in [0.29, 0.717) is 33.7 Å². The number of para-hydroxylation sites is 3. The molecule has 5 rings (SSSR count). The van der Waals surface area contributed by atoms with E-state index >= 15 is 0 Å². The molecule has 0 aliphatic rings. The number of hydrogen-bond donors (Lipinski definition) is 2. The molecule has 5 aromatic rings. The van der Waals surface area contributed by atoms with Gasteiger partial charge in [-0.25, -0.2) is 9.97 Å². The highest BCUT2D eigenvalue weighted by atomic mass is 79.9. The number of methoxy groups -OCH3 is 2. The molecule has 0 bridgehead atoms. The van der Waals surface area contributed by atoms with Crippen LogP contribution in [0, 0.1) is 0 Å². The minimum absolute atomic E-state index is 0.213. The van der Waals surface area contributed by atoms with Crippen molar-refractivity contribution in [1.29, 1.82) is 0 Å². The lowest BCUT2D eigenvalue weighted by molar-refractivity contribution is 0.0953. The number of aromatic nitrogens is 3. The van der Waals surface area contributed by atoms with Crippen LogP contribution in [0.3, 0.4) is 0 Å². The molecule has 0 saturated carbocycles. The smallest absolute Gasteiger partial charge is 0.257 e. The number of fused-ring (bicyclic) bond motifs is 2. The molecule has 35 heavy (non-hydrogen) atoms. The minimum atomic E-state index is -0.363. The number of ether oxygens (including phenoxy) is 2. The Hall–Kier alpha value is -4.11. The number of halogens is 1. The molecule has 0 saturated heterocycles. The molecular weight excluding hydrogens is 510 g/mol. The lowest BCUT2D eigenvalue weighted by Crippen LogP contribution is -2.24. The van der Waals surface area contributed by atoms with Gasteiger partial charge < -0.3 is 20.5 Å². The Bertz CT molecular complexity index is 1560. The number of rotatable bonds is 6. The van der Waals surface area contributed by atoms with E-state index in [-0.39, 0.29) is 23.8 Å². The van der Waals surface area contributed by atoms with Crippen molar-refractivity contribution in [2.75, 3.05) is 20.0 Å². The molecule has 0 aliphatic carbocycles. The summed E-state index contributed by atoms with van der Waals surface area (Å²) >= 11 is 3.46. The lowest BCUT2D eigenvalue weighted by atomic mass is 10.1. The van der Waals surface area contributed by atoms with E-state index in [1.807, 2.05) is 60.7 Å². The molecule has 0 aliphatic heterocycles. The quantitative estimate of drug-likeness (QED) is 0.324. The number of nitrogens with zero attached hydrogens (tertiary/aromatic N) is 3. The molecule has 8 nitrogen and oxygen atoms in total. The average Bonchev–Trinajstić information content (AvgIpc) is 3.16. The topological polar surface area (TPSA) is 104 Å². The maximum atomic E-state index is 13.5. The van der Waals surface area contributed by atoms with Crippen LogP contribution in [0.2, 0.25) is 0 Å². The van der Waals surface area contributed by atoms with Crippen LogP contribution in [-0.2, 0) is 6.54 Å². The lowest BCUT2D eigenvalue weighted by Gasteiger charge is -2.13. The van der Waals surface area contributed by atoms with Gasteiger partial charge in [-0.2, -0.15) is 0 Å². The average molecular weight is 532 g/mol. The van der Waals surface area contributed by atoms with Crippen LogP contribution in [0.25, 0.3) is 27.9 Å². The number of nitrogens with two attached hydrogens (primary N) is 1. The summed E-state index contributed by atoms with van der Waals surface area (Å²) in [7, 11) is 3.13. The van der Waals surface area contributed by atoms with Gasteiger partial charge in [0, 0.05) is 22.3 Å². The van der Waals surface area contributed by atoms with Crippen molar-refractivity contribution in [3.8, 4) is 17.2 Å². The Labute approximate surface area is 209 Å².